The van der Waals surface area contributed by atoms with Gasteiger partial charge in [-0.05, 0) is 11.8 Å². The van der Waals surface area contributed by atoms with Crippen molar-refractivity contribution in [3.63, 3.8) is 0 Å². The molecule has 80 valence electrons. The first-order valence-electron chi connectivity index (χ1n) is 4.51. The van der Waals surface area contributed by atoms with E-state index < -0.39 is 5.97 Å². The standard InChI is InChI=1S/C9H15NO3S/c1-9(2)3-6(9)10-7(11)4-14-5-8(12)13/h6H,3-5H2,1-2H3,(H,10,11)(H,12,13). The van der Waals surface area contributed by atoms with Crippen molar-refractivity contribution >= 4 is 23.6 Å². The highest BCUT2D eigenvalue weighted by molar-refractivity contribution is 8.00. The van der Waals surface area contributed by atoms with Gasteiger partial charge < -0.3 is 10.4 Å². The Morgan fingerprint density at radius 1 is 1.50 bits per heavy atom. The van der Waals surface area contributed by atoms with Crippen LogP contribution in [-0.4, -0.2) is 34.5 Å². The molecular formula is C9H15NO3S. The van der Waals surface area contributed by atoms with Gasteiger partial charge in [0.2, 0.25) is 5.91 Å². The topological polar surface area (TPSA) is 66.4 Å². The molecule has 0 aromatic heterocycles. The predicted octanol–water partition coefficient (Wildman–Crippen LogP) is 0.719. The minimum atomic E-state index is -0.880. The van der Waals surface area contributed by atoms with Gasteiger partial charge in [-0.15, -0.1) is 11.8 Å². The molecule has 0 aliphatic heterocycles. The third-order valence-corrected chi connectivity index (χ3v) is 3.22. The second-order valence-corrected chi connectivity index (χ2v) is 5.18. The molecule has 2 N–H and O–H groups in total. The highest BCUT2D eigenvalue weighted by Crippen LogP contribution is 2.44. The number of thioether (sulfide) groups is 1. The zero-order valence-electron chi connectivity index (χ0n) is 8.37. The van der Waals surface area contributed by atoms with E-state index >= 15 is 0 Å². The summed E-state index contributed by atoms with van der Waals surface area (Å²) in [4.78, 5) is 21.4. The summed E-state index contributed by atoms with van der Waals surface area (Å²) in [5.41, 5.74) is 0.229. The minimum Gasteiger partial charge on any atom is -0.481 e. The first-order chi connectivity index (χ1) is 6.42. The second kappa shape index (κ2) is 4.21. The van der Waals surface area contributed by atoms with Crippen molar-refractivity contribution in [3.05, 3.63) is 0 Å². The van der Waals surface area contributed by atoms with Gasteiger partial charge in [0.15, 0.2) is 0 Å². The lowest BCUT2D eigenvalue weighted by molar-refractivity contribution is -0.133. The molecule has 5 heteroatoms. The van der Waals surface area contributed by atoms with E-state index in [1.807, 2.05) is 0 Å². The third-order valence-electron chi connectivity index (χ3n) is 2.31. The number of carbonyl (C=O) groups excluding carboxylic acids is 1. The summed E-state index contributed by atoms with van der Waals surface area (Å²) in [5.74, 6) is -0.721. The molecule has 1 atom stereocenters. The maximum Gasteiger partial charge on any atom is 0.313 e. The number of hydrogen-bond donors (Lipinski definition) is 2. The van der Waals surface area contributed by atoms with Crippen LogP contribution >= 0.6 is 11.8 Å². The van der Waals surface area contributed by atoms with Gasteiger partial charge in [0.05, 0.1) is 11.5 Å². The Bertz CT molecular complexity index is 252. The van der Waals surface area contributed by atoms with E-state index in [4.69, 9.17) is 5.11 Å². The number of hydrogen-bond acceptors (Lipinski definition) is 3. The SMILES string of the molecule is CC1(C)CC1NC(=O)CSCC(=O)O. The molecule has 0 bridgehead atoms. The summed E-state index contributed by atoms with van der Waals surface area (Å²) < 4.78 is 0. The van der Waals surface area contributed by atoms with E-state index in [1.165, 1.54) is 0 Å². The fourth-order valence-corrected chi connectivity index (χ4v) is 1.73. The zero-order valence-corrected chi connectivity index (χ0v) is 9.19. The zero-order chi connectivity index (χ0) is 10.8. The van der Waals surface area contributed by atoms with E-state index in [9.17, 15) is 9.59 Å². The largest absolute Gasteiger partial charge is 0.481 e. The second-order valence-electron chi connectivity index (χ2n) is 4.20. The van der Waals surface area contributed by atoms with Crippen LogP contribution in [-0.2, 0) is 9.59 Å². The molecule has 0 aromatic carbocycles. The smallest absolute Gasteiger partial charge is 0.313 e. The van der Waals surface area contributed by atoms with E-state index in [0.29, 0.717) is 0 Å². The first kappa shape index (κ1) is 11.4. The van der Waals surface area contributed by atoms with Gasteiger partial charge in [-0.25, -0.2) is 0 Å². The van der Waals surface area contributed by atoms with E-state index in [-0.39, 0.29) is 28.9 Å². The number of nitrogens with one attached hydrogen (secondary N) is 1. The normalized spacial score (nSPS) is 22.9. The minimum absolute atomic E-state index is 0.0124. The Balaban J connectivity index is 2.09. The van der Waals surface area contributed by atoms with Gasteiger partial charge in [-0.3, -0.25) is 9.59 Å². The van der Waals surface area contributed by atoms with Crippen molar-refractivity contribution < 1.29 is 14.7 Å². The fourth-order valence-electron chi connectivity index (χ4n) is 1.18. The van der Waals surface area contributed by atoms with Crippen molar-refractivity contribution in [2.24, 2.45) is 5.41 Å². The monoisotopic (exact) mass is 217 g/mol. The average molecular weight is 217 g/mol. The lowest BCUT2D eigenvalue weighted by atomic mass is 10.2. The first-order valence-corrected chi connectivity index (χ1v) is 5.66. The van der Waals surface area contributed by atoms with Gasteiger partial charge >= 0.3 is 5.97 Å². The highest BCUT2D eigenvalue weighted by atomic mass is 32.2. The molecule has 1 aliphatic carbocycles. The van der Waals surface area contributed by atoms with Crippen molar-refractivity contribution in [3.8, 4) is 0 Å². The lowest BCUT2D eigenvalue weighted by Gasteiger charge is -2.05. The van der Waals surface area contributed by atoms with Gasteiger partial charge in [-0.2, -0.15) is 0 Å². The van der Waals surface area contributed by atoms with Crippen molar-refractivity contribution in [2.75, 3.05) is 11.5 Å². The molecule has 1 aliphatic rings. The molecule has 14 heavy (non-hydrogen) atoms. The fraction of sp³-hybridized carbons (Fsp3) is 0.778. The summed E-state index contributed by atoms with van der Waals surface area (Å²) in [7, 11) is 0. The molecule has 1 amide bonds. The van der Waals surface area contributed by atoms with Crippen LogP contribution in [0.25, 0.3) is 0 Å². The number of aliphatic carboxylic acids is 1. The molecule has 0 aromatic rings. The van der Waals surface area contributed by atoms with Crippen LogP contribution in [0.5, 0.6) is 0 Å². The van der Waals surface area contributed by atoms with E-state index in [1.54, 1.807) is 0 Å². The summed E-state index contributed by atoms with van der Waals surface area (Å²) in [6, 6.07) is 0.278. The third kappa shape index (κ3) is 3.57. The molecule has 4 nitrogen and oxygen atoms in total. The molecule has 1 fully saturated rings. The van der Waals surface area contributed by atoms with Gasteiger partial charge in [0.25, 0.3) is 0 Å². The maximum atomic E-state index is 11.2. The van der Waals surface area contributed by atoms with Crippen LogP contribution in [0.3, 0.4) is 0 Å². The van der Waals surface area contributed by atoms with Crippen LogP contribution in [0.2, 0.25) is 0 Å². The summed E-state index contributed by atoms with van der Waals surface area (Å²) in [6.07, 6.45) is 1.02. The van der Waals surface area contributed by atoms with E-state index in [0.717, 1.165) is 18.2 Å². The van der Waals surface area contributed by atoms with Crippen LogP contribution in [0, 0.1) is 5.41 Å². The molecular weight excluding hydrogens is 202 g/mol. The number of amides is 1. The molecule has 0 heterocycles. The van der Waals surface area contributed by atoms with Crippen LogP contribution in [0.15, 0.2) is 0 Å². The number of carboxylic acids is 1. The Kier molecular flexibility index (Phi) is 3.42. The van der Waals surface area contributed by atoms with Crippen LogP contribution < -0.4 is 5.32 Å². The maximum absolute atomic E-state index is 11.2. The Morgan fingerprint density at radius 2 is 2.07 bits per heavy atom. The molecule has 0 radical (unpaired) electrons. The number of carboxylic acid groups (broad SMARTS) is 1. The quantitative estimate of drug-likeness (QED) is 0.712. The van der Waals surface area contributed by atoms with Gasteiger partial charge in [0.1, 0.15) is 0 Å². The average Bonchev–Trinajstić information content (AvgIpc) is 2.57. The van der Waals surface area contributed by atoms with Crippen molar-refractivity contribution in [1.82, 2.24) is 5.32 Å². The summed E-state index contributed by atoms with van der Waals surface area (Å²) in [6.45, 7) is 4.20. The Labute approximate surface area is 87.4 Å². The lowest BCUT2D eigenvalue weighted by Crippen LogP contribution is -2.30. The number of rotatable bonds is 5. The summed E-state index contributed by atoms with van der Waals surface area (Å²) >= 11 is 1.13. The van der Waals surface area contributed by atoms with Crippen molar-refractivity contribution in [1.29, 1.82) is 0 Å². The summed E-state index contributed by atoms with van der Waals surface area (Å²) in [5, 5.41) is 11.2. The van der Waals surface area contributed by atoms with E-state index in [2.05, 4.69) is 19.2 Å². The molecule has 0 spiro atoms. The molecule has 1 rings (SSSR count). The van der Waals surface area contributed by atoms with Crippen LogP contribution in [0.4, 0.5) is 0 Å². The van der Waals surface area contributed by atoms with Gasteiger partial charge in [-0.1, -0.05) is 13.8 Å². The molecule has 1 saturated carbocycles. The van der Waals surface area contributed by atoms with Gasteiger partial charge in [0, 0.05) is 6.04 Å². The molecule has 0 saturated heterocycles. The Hall–Kier alpha value is -0.710. The Morgan fingerprint density at radius 3 is 2.50 bits per heavy atom. The predicted molar refractivity (Wildman–Crippen MR) is 55.3 cm³/mol. The number of carbonyl (C=O) groups is 2. The van der Waals surface area contributed by atoms with Crippen LogP contribution in [0.1, 0.15) is 20.3 Å². The van der Waals surface area contributed by atoms with Crippen molar-refractivity contribution in [2.45, 2.75) is 26.3 Å². The molecule has 1 unspecified atom stereocenters. The highest BCUT2D eigenvalue weighted by Gasteiger charge is 2.46.